The highest BCUT2D eigenvalue weighted by molar-refractivity contribution is 7.92. The summed E-state index contributed by atoms with van der Waals surface area (Å²) in [6.07, 6.45) is -2.67. The second kappa shape index (κ2) is 9.80. The number of hydrogen-bond donors (Lipinski definition) is 1. The monoisotopic (exact) mass is 426 g/mol. The van der Waals surface area contributed by atoms with Gasteiger partial charge in [-0.3, -0.25) is 9.52 Å². The number of carbonyl (C=O) groups excluding carboxylic acids is 1. The molecular formula is C20H24F2N2O4S. The van der Waals surface area contributed by atoms with Crippen molar-refractivity contribution >= 4 is 21.6 Å². The topological polar surface area (TPSA) is 75.7 Å². The summed E-state index contributed by atoms with van der Waals surface area (Å²) in [5.74, 6) is -0.578. The Kier molecular flexibility index (Phi) is 7.69. The van der Waals surface area contributed by atoms with Gasteiger partial charge in [0.05, 0.1) is 18.0 Å². The van der Waals surface area contributed by atoms with Gasteiger partial charge in [-0.25, -0.2) is 17.2 Å². The molecule has 0 aliphatic heterocycles. The van der Waals surface area contributed by atoms with Crippen LogP contribution in [0.5, 0.6) is 0 Å². The Balaban J connectivity index is 2.16. The molecular weight excluding hydrogens is 402 g/mol. The van der Waals surface area contributed by atoms with Crippen molar-refractivity contribution in [2.24, 2.45) is 0 Å². The molecule has 29 heavy (non-hydrogen) atoms. The molecule has 2 rings (SSSR count). The van der Waals surface area contributed by atoms with E-state index in [4.69, 9.17) is 4.74 Å². The Hall–Kier alpha value is -2.52. The predicted molar refractivity (Wildman–Crippen MR) is 107 cm³/mol. The maximum absolute atomic E-state index is 12.7. The van der Waals surface area contributed by atoms with Gasteiger partial charge in [-0.2, -0.15) is 0 Å². The van der Waals surface area contributed by atoms with Gasteiger partial charge in [0, 0.05) is 24.9 Å². The van der Waals surface area contributed by atoms with Gasteiger partial charge in [-0.05, 0) is 61.4 Å². The number of methoxy groups -OCH3 is 1. The minimum Gasteiger partial charge on any atom is -0.383 e. The molecule has 1 amide bonds. The highest BCUT2D eigenvalue weighted by Gasteiger charge is 2.20. The minimum atomic E-state index is -3.79. The summed E-state index contributed by atoms with van der Waals surface area (Å²) in [5, 5.41) is 0. The van der Waals surface area contributed by atoms with Crippen molar-refractivity contribution in [3.05, 3.63) is 59.2 Å². The van der Waals surface area contributed by atoms with Crippen molar-refractivity contribution in [2.75, 3.05) is 31.5 Å². The van der Waals surface area contributed by atoms with Crippen molar-refractivity contribution < 1.29 is 26.7 Å². The molecule has 2 aromatic rings. The van der Waals surface area contributed by atoms with Crippen LogP contribution >= 0.6 is 0 Å². The van der Waals surface area contributed by atoms with Crippen LogP contribution in [0.1, 0.15) is 21.5 Å². The zero-order valence-electron chi connectivity index (χ0n) is 16.5. The molecule has 1 N–H and O–H groups in total. The Bertz CT molecular complexity index is 947. The fourth-order valence-electron chi connectivity index (χ4n) is 2.60. The normalized spacial score (nSPS) is 11.5. The SMILES string of the molecule is COCCN(CC(F)F)C(=O)c1ccc(NS(=O)(=O)c2ccc(C)c(C)c2)cc1. The second-order valence-corrected chi connectivity index (χ2v) is 8.25. The van der Waals surface area contributed by atoms with Crippen molar-refractivity contribution in [1.29, 1.82) is 0 Å². The van der Waals surface area contributed by atoms with E-state index in [-0.39, 0.29) is 29.3 Å². The number of benzene rings is 2. The van der Waals surface area contributed by atoms with Gasteiger partial charge in [0.15, 0.2) is 0 Å². The van der Waals surface area contributed by atoms with E-state index in [1.165, 1.54) is 37.4 Å². The summed E-state index contributed by atoms with van der Waals surface area (Å²) in [6, 6.07) is 10.4. The summed E-state index contributed by atoms with van der Waals surface area (Å²) >= 11 is 0. The first kappa shape index (κ1) is 22.8. The predicted octanol–water partition coefficient (Wildman–Crippen LogP) is 3.46. The minimum absolute atomic E-state index is 0.0286. The molecule has 0 radical (unpaired) electrons. The highest BCUT2D eigenvalue weighted by atomic mass is 32.2. The summed E-state index contributed by atoms with van der Waals surface area (Å²) in [7, 11) is -2.37. The summed E-state index contributed by atoms with van der Waals surface area (Å²) in [5.41, 5.74) is 2.27. The Morgan fingerprint density at radius 2 is 1.76 bits per heavy atom. The van der Waals surface area contributed by atoms with Crippen LogP contribution < -0.4 is 4.72 Å². The number of nitrogens with zero attached hydrogens (tertiary/aromatic N) is 1. The van der Waals surface area contributed by atoms with Crippen LogP contribution in [0.2, 0.25) is 0 Å². The number of alkyl halides is 2. The van der Waals surface area contributed by atoms with Gasteiger partial charge in [-0.15, -0.1) is 0 Å². The van der Waals surface area contributed by atoms with E-state index >= 15 is 0 Å². The molecule has 0 fully saturated rings. The number of sulfonamides is 1. The molecule has 0 spiro atoms. The standard InChI is InChI=1S/C20H24F2N2O4S/c1-14-4-9-18(12-15(14)2)29(26,27)23-17-7-5-16(6-8-17)20(25)24(10-11-28-3)13-19(21)22/h4-9,12,19,23H,10-11,13H2,1-3H3. The molecule has 0 aliphatic carbocycles. The van der Waals surface area contributed by atoms with Gasteiger partial charge < -0.3 is 9.64 Å². The van der Waals surface area contributed by atoms with Crippen LogP contribution in [0.15, 0.2) is 47.4 Å². The van der Waals surface area contributed by atoms with E-state index in [1.54, 1.807) is 12.1 Å². The number of aryl methyl sites for hydroxylation is 2. The fraction of sp³-hybridized carbons (Fsp3) is 0.350. The molecule has 0 unspecified atom stereocenters. The lowest BCUT2D eigenvalue weighted by Gasteiger charge is -2.22. The molecule has 0 saturated carbocycles. The fourth-order valence-corrected chi connectivity index (χ4v) is 3.75. The van der Waals surface area contributed by atoms with E-state index < -0.39 is 28.9 Å². The van der Waals surface area contributed by atoms with E-state index in [9.17, 15) is 22.0 Å². The number of amides is 1. The van der Waals surface area contributed by atoms with Gasteiger partial charge in [0.2, 0.25) is 0 Å². The molecule has 9 heteroatoms. The summed E-state index contributed by atoms with van der Waals surface area (Å²) < 4.78 is 57.9. The first-order chi connectivity index (χ1) is 13.6. The van der Waals surface area contributed by atoms with Crippen molar-refractivity contribution in [1.82, 2.24) is 4.90 Å². The number of carbonyl (C=O) groups is 1. The van der Waals surface area contributed by atoms with Crippen LogP contribution in [0.4, 0.5) is 14.5 Å². The molecule has 0 atom stereocenters. The zero-order chi connectivity index (χ0) is 21.6. The van der Waals surface area contributed by atoms with Crippen molar-refractivity contribution in [3.8, 4) is 0 Å². The van der Waals surface area contributed by atoms with Crippen LogP contribution in [0.3, 0.4) is 0 Å². The van der Waals surface area contributed by atoms with Gasteiger partial charge in [0.1, 0.15) is 0 Å². The van der Waals surface area contributed by atoms with Crippen LogP contribution in [-0.2, 0) is 14.8 Å². The Morgan fingerprint density at radius 3 is 2.31 bits per heavy atom. The lowest BCUT2D eigenvalue weighted by atomic mass is 10.1. The maximum Gasteiger partial charge on any atom is 0.261 e. The summed E-state index contributed by atoms with van der Waals surface area (Å²) in [4.78, 5) is 13.6. The van der Waals surface area contributed by atoms with Crippen LogP contribution in [0.25, 0.3) is 0 Å². The third-order valence-electron chi connectivity index (χ3n) is 4.38. The van der Waals surface area contributed by atoms with E-state index in [2.05, 4.69) is 4.72 Å². The number of rotatable bonds is 9. The molecule has 2 aromatic carbocycles. The summed E-state index contributed by atoms with van der Waals surface area (Å²) in [6.45, 7) is 3.17. The maximum atomic E-state index is 12.7. The average molecular weight is 426 g/mol. The van der Waals surface area contributed by atoms with Crippen LogP contribution in [0, 0.1) is 13.8 Å². The number of nitrogens with one attached hydrogen (secondary N) is 1. The Labute approximate surface area is 169 Å². The number of anilines is 1. The van der Waals surface area contributed by atoms with Crippen molar-refractivity contribution in [2.45, 2.75) is 25.2 Å². The first-order valence-electron chi connectivity index (χ1n) is 8.90. The molecule has 0 saturated heterocycles. The molecule has 0 heterocycles. The molecule has 0 bridgehead atoms. The van der Waals surface area contributed by atoms with Gasteiger partial charge in [0.25, 0.3) is 22.4 Å². The highest BCUT2D eigenvalue weighted by Crippen LogP contribution is 2.20. The lowest BCUT2D eigenvalue weighted by Crippen LogP contribution is -2.37. The molecule has 158 valence electrons. The van der Waals surface area contributed by atoms with Crippen LogP contribution in [-0.4, -0.2) is 52.5 Å². The number of halogens is 2. The molecule has 6 nitrogen and oxygen atoms in total. The quantitative estimate of drug-likeness (QED) is 0.666. The van der Waals surface area contributed by atoms with E-state index in [0.717, 1.165) is 16.0 Å². The molecule has 0 aliphatic rings. The smallest absolute Gasteiger partial charge is 0.261 e. The second-order valence-electron chi connectivity index (χ2n) is 6.56. The van der Waals surface area contributed by atoms with Gasteiger partial charge in [-0.1, -0.05) is 6.07 Å². The number of ether oxygens (including phenoxy) is 1. The van der Waals surface area contributed by atoms with Crippen molar-refractivity contribution in [3.63, 3.8) is 0 Å². The first-order valence-corrected chi connectivity index (χ1v) is 10.4. The molecule has 0 aromatic heterocycles. The lowest BCUT2D eigenvalue weighted by molar-refractivity contribution is 0.0478. The van der Waals surface area contributed by atoms with Gasteiger partial charge >= 0.3 is 0 Å². The van der Waals surface area contributed by atoms with E-state index in [1.807, 2.05) is 13.8 Å². The Morgan fingerprint density at radius 1 is 1.10 bits per heavy atom. The van der Waals surface area contributed by atoms with E-state index in [0.29, 0.717) is 0 Å². The number of hydrogen-bond acceptors (Lipinski definition) is 4. The third-order valence-corrected chi connectivity index (χ3v) is 5.76. The largest absolute Gasteiger partial charge is 0.383 e. The average Bonchev–Trinajstić information content (AvgIpc) is 2.66. The third kappa shape index (κ3) is 6.23. The zero-order valence-corrected chi connectivity index (χ0v) is 17.3.